The lowest BCUT2D eigenvalue weighted by Crippen LogP contribution is -1.80. The lowest BCUT2D eigenvalue weighted by Gasteiger charge is -1.94. The van der Waals surface area contributed by atoms with Crippen LogP contribution in [0.4, 0.5) is 0 Å². The molecule has 0 saturated heterocycles. The monoisotopic (exact) mass is 142 g/mol. The topological polar surface area (TPSA) is 9.23 Å². The summed E-state index contributed by atoms with van der Waals surface area (Å²) in [7, 11) is 1.71. The maximum Gasteiger partial charge on any atom is 0.176 e. The second kappa shape index (κ2) is 2.40. The molecule has 0 radical (unpaired) electrons. The number of hydrogen-bond donors (Lipinski definition) is 0. The second-order valence-corrected chi connectivity index (χ2v) is 2.88. The number of thiophene rings is 1. The summed E-state index contributed by atoms with van der Waals surface area (Å²) in [5.41, 5.74) is 2.58. The number of aryl methyl sites for hydroxylation is 1. The molecule has 9 heavy (non-hydrogen) atoms. The summed E-state index contributed by atoms with van der Waals surface area (Å²) in [6.07, 6.45) is 0. The molecule has 1 aromatic rings. The molecular formula is C7H10OS. The third-order valence-electron chi connectivity index (χ3n) is 1.43. The quantitative estimate of drug-likeness (QED) is 0.585. The summed E-state index contributed by atoms with van der Waals surface area (Å²) in [5, 5.41) is 3.14. The van der Waals surface area contributed by atoms with Gasteiger partial charge in [-0.3, -0.25) is 0 Å². The van der Waals surface area contributed by atoms with Crippen LogP contribution in [0.15, 0.2) is 5.38 Å². The summed E-state index contributed by atoms with van der Waals surface area (Å²) in [6.45, 7) is 4.17. The molecule has 0 N–H and O–H groups in total. The minimum atomic E-state index is 1.03. The third kappa shape index (κ3) is 1.08. The average molecular weight is 142 g/mol. The van der Waals surface area contributed by atoms with Gasteiger partial charge in [-0.1, -0.05) is 0 Å². The van der Waals surface area contributed by atoms with E-state index in [1.807, 2.05) is 0 Å². The fourth-order valence-electron chi connectivity index (χ4n) is 0.681. The number of ether oxygens (including phenoxy) is 1. The van der Waals surface area contributed by atoms with Crippen LogP contribution in [0.3, 0.4) is 0 Å². The van der Waals surface area contributed by atoms with Gasteiger partial charge in [-0.15, -0.1) is 11.3 Å². The molecule has 1 heterocycles. The van der Waals surface area contributed by atoms with Crippen LogP contribution >= 0.6 is 11.3 Å². The van der Waals surface area contributed by atoms with Crippen molar-refractivity contribution in [2.24, 2.45) is 0 Å². The summed E-state index contributed by atoms with van der Waals surface area (Å²) in [6, 6.07) is 0. The van der Waals surface area contributed by atoms with Gasteiger partial charge in [0, 0.05) is 5.56 Å². The van der Waals surface area contributed by atoms with Gasteiger partial charge in [-0.05, 0) is 24.8 Å². The van der Waals surface area contributed by atoms with Gasteiger partial charge in [0.2, 0.25) is 0 Å². The van der Waals surface area contributed by atoms with Crippen LogP contribution in [-0.2, 0) is 0 Å². The molecule has 0 aliphatic carbocycles. The third-order valence-corrected chi connectivity index (χ3v) is 2.58. The predicted octanol–water partition coefficient (Wildman–Crippen LogP) is 2.37. The molecule has 0 fully saturated rings. The molecular weight excluding hydrogens is 132 g/mol. The maximum atomic E-state index is 5.08. The summed E-state index contributed by atoms with van der Waals surface area (Å²) >= 11 is 1.65. The van der Waals surface area contributed by atoms with Crippen molar-refractivity contribution in [1.29, 1.82) is 0 Å². The smallest absolute Gasteiger partial charge is 0.176 e. The average Bonchev–Trinajstić information content (AvgIpc) is 2.15. The van der Waals surface area contributed by atoms with Crippen LogP contribution in [0, 0.1) is 13.8 Å². The Morgan fingerprint density at radius 2 is 2.11 bits per heavy atom. The lowest BCUT2D eigenvalue weighted by molar-refractivity contribution is 0.424. The highest BCUT2D eigenvalue weighted by Crippen LogP contribution is 2.28. The normalized spacial score (nSPS) is 9.67. The Morgan fingerprint density at radius 1 is 1.44 bits per heavy atom. The first-order valence-electron chi connectivity index (χ1n) is 2.84. The van der Waals surface area contributed by atoms with Crippen molar-refractivity contribution >= 4 is 11.3 Å². The minimum Gasteiger partial charge on any atom is -0.487 e. The zero-order valence-electron chi connectivity index (χ0n) is 5.89. The van der Waals surface area contributed by atoms with Crippen LogP contribution in [0.1, 0.15) is 11.1 Å². The molecule has 0 aromatic carbocycles. The summed E-state index contributed by atoms with van der Waals surface area (Å²) < 4.78 is 5.08. The molecule has 0 spiro atoms. The molecule has 0 atom stereocenters. The molecule has 1 aromatic heterocycles. The van der Waals surface area contributed by atoms with E-state index in [9.17, 15) is 0 Å². The first kappa shape index (κ1) is 6.62. The Morgan fingerprint density at radius 3 is 2.33 bits per heavy atom. The van der Waals surface area contributed by atoms with Gasteiger partial charge in [-0.25, -0.2) is 0 Å². The van der Waals surface area contributed by atoms with Crippen molar-refractivity contribution in [2.75, 3.05) is 7.11 Å². The van der Waals surface area contributed by atoms with Crippen LogP contribution < -0.4 is 4.74 Å². The Labute approximate surface area is 59.3 Å². The van der Waals surface area contributed by atoms with Gasteiger partial charge >= 0.3 is 0 Å². The van der Waals surface area contributed by atoms with Gasteiger partial charge in [0.1, 0.15) is 0 Å². The highest BCUT2D eigenvalue weighted by atomic mass is 32.1. The zero-order valence-corrected chi connectivity index (χ0v) is 6.71. The van der Waals surface area contributed by atoms with E-state index in [0.29, 0.717) is 0 Å². The van der Waals surface area contributed by atoms with Crippen LogP contribution in [0.2, 0.25) is 0 Å². The molecule has 0 bridgehead atoms. The number of rotatable bonds is 1. The minimum absolute atomic E-state index is 1.03. The molecule has 1 nitrogen and oxygen atoms in total. The highest BCUT2D eigenvalue weighted by molar-refractivity contribution is 7.12. The predicted molar refractivity (Wildman–Crippen MR) is 40.3 cm³/mol. The van der Waals surface area contributed by atoms with Crippen LogP contribution in [0.5, 0.6) is 5.06 Å². The second-order valence-electron chi connectivity index (χ2n) is 2.04. The van der Waals surface area contributed by atoms with Crippen molar-refractivity contribution in [2.45, 2.75) is 13.8 Å². The van der Waals surface area contributed by atoms with Crippen LogP contribution in [-0.4, -0.2) is 7.11 Å². The van der Waals surface area contributed by atoms with E-state index in [4.69, 9.17) is 4.74 Å². The SMILES string of the molecule is COc1scc(C)c1C. The molecule has 50 valence electrons. The summed E-state index contributed by atoms with van der Waals surface area (Å²) in [5.74, 6) is 0. The van der Waals surface area contributed by atoms with E-state index in [1.165, 1.54) is 11.1 Å². The molecule has 0 aliphatic heterocycles. The van der Waals surface area contributed by atoms with Gasteiger partial charge in [0.25, 0.3) is 0 Å². The Bertz CT molecular complexity index is 203. The van der Waals surface area contributed by atoms with Gasteiger partial charge in [0.05, 0.1) is 7.11 Å². The highest BCUT2D eigenvalue weighted by Gasteiger charge is 2.01. The molecule has 1 rings (SSSR count). The first-order chi connectivity index (χ1) is 4.25. The Hall–Kier alpha value is -0.500. The van der Waals surface area contributed by atoms with Gasteiger partial charge in [-0.2, -0.15) is 0 Å². The first-order valence-corrected chi connectivity index (χ1v) is 3.72. The Balaban J connectivity index is 3.04. The maximum absolute atomic E-state index is 5.08. The summed E-state index contributed by atoms with van der Waals surface area (Å²) in [4.78, 5) is 0. The fraction of sp³-hybridized carbons (Fsp3) is 0.429. The van der Waals surface area contributed by atoms with Crippen molar-refractivity contribution in [3.63, 3.8) is 0 Å². The lowest BCUT2D eigenvalue weighted by atomic mass is 10.2. The van der Waals surface area contributed by atoms with Gasteiger partial charge < -0.3 is 4.74 Å². The molecule has 0 unspecified atom stereocenters. The van der Waals surface area contributed by atoms with Gasteiger partial charge in [0.15, 0.2) is 5.06 Å². The van der Waals surface area contributed by atoms with E-state index < -0.39 is 0 Å². The molecule has 0 amide bonds. The van der Waals surface area contributed by atoms with E-state index in [0.717, 1.165) is 5.06 Å². The van der Waals surface area contributed by atoms with Crippen molar-refractivity contribution in [1.82, 2.24) is 0 Å². The molecule has 2 heteroatoms. The van der Waals surface area contributed by atoms with E-state index in [2.05, 4.69) is 19.2 Å². The standard InChI is InChI=1S/C7H10OS/c1-5-4-9-7(8-3)6(5)2/h4H,1-3H3. The zero-order chi connectivity index (χ0) is 6.85. The number of hydrogen-bond acceptors (Lipinski definition) is 2. The van der Waals surface area contributed by atoms with Crippen molar-refractivity contribution in [3.8, 4) is 5.06 Å². The van der Waals surface area contributed by atoms with E-state index >= 15 is 0 Å². The number of methoxy groups -OCH3 is 1. The molecule has 0 aliphatic rings. The van der Waals surface area contributed by atoms with Crippen molar-refractivity contribution in [3.05, 3.63) is 16.5 Å². The van der Waals surface area contributed by atoms with Crippen LogP contribution in [0.25, 0.3) is 0 Å². The van der Waals surface area contributed by atoms with E-state index in [-0.39, 0.29) is 0 Å². The Kier molecular flexibility index (Phi) is 1.76. The molecule has 0 saturated carbocycles. The fourth-order valence-corrected chi connectivity index (χ4v) is 1.58. The van der Waals surface area contributed by atoms with Crippen molar-refractivity contribution < 1.29 is 4.74 Å². The van der Waals surface area contributed by atoms with E-state index in [1.54, 1.807) is 18.4 Å². The largest absolute Gasteiger partial charge is 0.487 e.